The van der Waals surface area contributed by atoms with Gasteiger partial charge in [-0.2, -0.15) is 0 Å². The fourth-order valence-electron chi connectivity index (χ4n) is 1.75. The Morgan fingerprint density at radius 2 is 2.33 bits per heavy atom. The molecule has 15 heavy (non-hydrogen) atoms. The normalized spacial score (nSPS) is 21.3. The molecule has 0 saturated carbocycles. The average Bonchev–Trinajstić information content (AvgIpc) is 2.31. The summed E-state index contributed by atoms with van der Waals surface area (Å²) >= 11 is 0. The van der Waals surface area contributed by atoms with Gasteiger partial charge in [-0.25, -0.2) is 0 Å². The molecule has 1 aromatic rings. The van der Waals surface area contributed by atoms with Gasteiger partial charge in [0, 0.05) is 44.8 Å². The van der Waals surface area contributed by atoms with Crippen molar-refractivity contribution < 1.29 is 4.74 Å². The molecule has 0 spiro atoms. The molecule has 4 nitrogen and oxygen atoms in total. The second-order valence-electron chi connectivity index (χ2n) is 3.78. The van der Waals surface area contributed by atoms with Gasteiger partial charge in [0.05, 0.1) is 12.7 Å². The standard InChI is InChI=1S/C11H17N3O/c1-14(10-2-4-12-5-3-10)9-11-8-13-6-7-15-11/h2-5,11,13H,6-9H2,1H3. The minimum absolute atomic E-state index is 0.289. The molecule has 0 amide bonds. The topological polar surface area (TPSA) is 37.4 Å². The minimum atomic E-state index is 0.289. The third-order valence-electron chi connectivity index (χ3n) is 2.59. The van der Waals surface area contributed by atoms with Gasteiger partial charge in [-0.3, -0.25) is 4.98 Å². The summed E-state index contributed by atoms with van der Waals surface area (Å²) in [6, 6.07) is 4.02. The molecule has 2 heterocycles. The monoisotopic (exact) mass is 207 g/mol. The molecular weight excluding hydrogens is 190 g/mol. The first-order valence-electron chi connectivity index (χ1n) is 5.30. The minimum Gasteiger partial charge on any atom is -0.374 e. The number of pyridine rings is 1. The summed E-state index contributed by atoms with van der Waals surface area (Å²) in [5.41, 5.74) is 1.18. The molecular formula is C11H17N3O. The molecule has 1 aromatic heterocycles. The zero-order valence-corrected chi connectivity index (χ0v) is 9.02. The number of rotatable bonds is 3. The van der Waals surface area contributed by atoms with Crippen LogP contribution in [0.4, 0.5) is 5.69 Å². The molecule has 0 aliphatic carbocycles. The van der Waals surface area contributed by atoms with Gasteiger partial charge < -0.3 is 15.0 Å². The maximum absolute atomic E-state index is 5.65. The molecule has 0 aromatic carbocycles. The number of likely N-dealkylation sites (N-methyl/N-ethyl adjacent to an activating group) is 1. The highest BCUT2D eigenvalue weighted by molar-refractivity contribution is 5.43. The molecule has 1 fully saturated rings. The molecule has 1 aliphatic rings. The smallest absolute Gasteiger partial charge is 0.0874 e. The highest BCUT2D eigenvalue weighted by Gasteiger charge is 2.15. The second-order valence-corrected chi connectivity index (χ2v) is 3.78. The number of aromatic nitrogens is 1. The van der Waals surface area contributed by atoms with E-state index in [2.05, 4.69) is 22.2 Å². The Balaban J connectivity index is 1.88. The first-order chi connectivity index (χ1) is 7.36. The zero-order chi connectivity index (χ0) is 10.5. The van der Waals surface area contributed by atoms with Crippen LogP contribution in [0.25, 0.3) is 0 Å². The van der Waals surface area contributed by atoms with Crippen LogP contribution in [-0.4, -0.2) is 44.4 Å². The van der Waals surface area contributed by atoms with E-state index >= 15 is 0 Å². The first-order valence-corrected chi connectivity index (χ1v) is 5.30. The molecule has 4 heteroatoms. The van der Waals surface area contributed by atoms with Crippen LogP contribution in [0.2, 0.25) is 0 Å². The average molecular weight is 207 g/mol. The highest BCUT2D eigenvalue weighted by atomic mass is 16.5. The van der Waals surface area contributed by atoms with E-state index in [0.717, 1.165) is 26.2 Å². The van der Waals surface area contributed by atoms with Crippen LogP contribution in [0.3, 0.4) is 0 Å². The largest absolute Gasteiger partial charge is 0.374 e. The summed E-state index contributed by atoms with van der Waals surface area (Å²) in [4.78, 5) is 6.20. The molecule has 1 aliphatic heterocycles. The maximum Gasteiger partial charge on any atom is 0.0874 e. The molecule has 0 radical (unpaired) electrons. The van der Waals surface area contributed by atoms with Crippen LogP contribution in [0.15, 0.2) is 24.5 Å². The van der Waals surface area contributed by atoms with E-state index in [9.17, 15) is 0 Å². The fourth-order valence-corrected chi connectivity index (χ4v) is 1.75. The Labute approximate surface area is 90.3 Å². The Morgan fingerprint density at radius 3 is 3.00 bits per heavy atom. The van der Waals surface area contributed by atoms with Crippen molar-refractivity contribution in [2.45, 2.75) is 6.10 Å². The van der Waals surface area contributed by atoms with Crippen LogP contribution in [0.5, 0.6) is 0 Å². The molecule has 2 rings (SSSR count). The van der Waals surface area contributed by atoms with Gasteiger partial charge in [-0.15, -0.1) is 0 Å². The van der Waals surface area contributed by atoms with E-state index in [-0.39, 0.29) is 6.10 Å². The van der Waals surface area contributed by atoms with Gasteiger partial charge >= 0.3 is 0 Å². The fraction of sp³-hybridized carbons (Fsp3) is 0.545. The lowest BCUT2D eigenvalue weighted by Gasteiger charge is -2.29. The third-order valence-corrected chi connectivity index (χ3v) is 2.59. The Hall–Kier alpha value is -1.13. The van der Waals surface area contributed by atoms with Gasteiger partial charge in [0.2, 0.25) is 0 Å². The SMILES string of the molecule is CN(CC1CNCCO1)c1ccncc1. The summed E-state index contributed by atoms with van der Waals surface area (Å²) in [6.07, 6.45) is 3.91. The zero-order valence-electron chi connectivity index (χ0n) is 9.02. The van der Waals surface area contributed by atoms with Crippen molar-refractivity contribution in [3.63, 3.8) is 0 Å². The molecule has 1 unspecified atom stereocenters. The summed E-state index contributed by atoms with van der Waals surface area (Å²) in [5.74, 6) is 0. The molecule has 1 saturated heterocycles. The number of nitrogens with one attached hydrogen (secondary N) is 1. The van der Waals surface area contributed by atoms with Crippen LogP contribution in [-0.2, 0) is 4.74 Å². The van der Waals surface area contributed by atoms with Gasteiger partial charge in [0.25, 0.3) is 0 Å². The van der Waals surface area contributed by atoms with Crippen LogP contribution >= 0.6 is 0 Å². The summed E-state index contributed by atoms with van der Waals surface area (Å²) in [7, 11) is 2.08. The lowest BCUT2D eigenvalue weighted by atomic mass is 10.2. The van der Waals surface area contributed by atoms with Crippen molar-refractivity contribution in [2.75, 3.05) is 38.2 Å². The summed E-state index contributed by atoms with van der Waals surface area (Å²) < 4.78 is 5.65. The van der Waals surface area contributed by atoms with Crippen molar-refractivity contribution in [1.29, 1.82) is 0 Å². The molecule has 1 atom stereocenters. The maximum atomic E-state index is 5.65. The van der Waals surface area contributed by atoms with Gasteiger partial charge in [-0.1, -0.05) is 0 Å². The van der Waals surface area contributed by atoms with Gasteiger partial charge in [0.1, 0.15) is 0 Å². The molecule has 0 bridgehead atoms. The second kappa shape index (κ2) is 5.09. The van der Waals surface area contributed by atoms with E-state index in [4.69, 9.17) is 4.74 Å². The number of ether oxygens (including phenoxy) is 1. The van der Waals surface area contributed by atoms with Crippen LogP contribution in [0.1, 0.15) is 0 Å². The number of hydrogen-bond donors (Lipinski definition) is 1. The number of nitrogens with zero attached hydrogens (tertiary/aromatic N) is 2. The van der Waals surface area contributed by atoms with E-state index < -0.39 is 0 Å². The lowest BCUT2D eigenvalue weighted by molar-refractivity contribution is 0.0340. The van der Waals surface area contributed by atoms with Crippen LogP contribution in [0, 0.1) is 0 Å². The predicted octanol–water partition coefficient (Wildman–Crippen LogP) is 0.506. The van der Waals surface area contributed by atoms with Crippen molar-refractivity contribution in [1.82, 2.24) is 10.3 Å². The summed E-state index contributed by atoms with van der Waals surface area (Å²) in [5, 5.41) is 3.33. The lowest BCUT2D eigenvalue weighted by Crippen LogP contribution is -2.44. The van der Waals surface area contributed by atoms with E-state index in [0.29, 0.717) is 0 Å². The van der Waals surface area contributed by atoms with Crippen molar-refractivity contribution in [3.8, 4) is 0 Å². The first kappa shape index (κ1) is 10.4. The molecule has 82 valence electrons. The Kier molecular flexibility index (Phi) is 3.53. The van der Waals surface area contributed by atoms with Crippen LogP contribution < -0.4 is 10.2 Å². The van der Waals surface area contributed by atoms with E-state index in [1.807, 2.05) is 24.5 Å². The third kappa shape index (κ3) is 2.91. The Bertz CT molecular complexity index is 285. The van der Waals surface area contributed by atoms with E-state index in [1.165, 1.54) is 5.69 Å². The highest BCUT2D eigenvalue weighted by Crippen LogP contribution is 2.11. The molecule has 1 N–H and O–H groups in total. The number of anilines is 1. The quantitative estimate of drug-likeness (QED) is 0.783. The van der Waals surface area contributed by atoms with Crippen molar-refractivity contribution in [3.05, 3.63) is 24.5 Å². The van der Waals surface area contributed by atoms with E-state index in [1.54, 1.807) is 0 Å². The number of hydrogen-bond acceptors (Lipinski definition) is 4. The van der Waals surface area contributed by atoms with Gasteiger partial charge in [0.15, 0.2) is 0 Å². The summed E-state index contributed by atoms with van der Waals surface area (Å²) in [6.45, 7) is 3.64. The Morgan fingerprint density at radius 1 is 1.53 bits per heavy atom. The van der Waals surface area contributed by atoms with Crippen molar-refractivity contribution >= 4 is 5.69 Å². The van der Waals surface area contributed by atoms with Crippen molar-refractivity contribution in [2.24, 2.45) is 0 Å². The number of morpholine rings is 1. The predicted molar refractivity (Wildman–Crippen MR) is 60.1 cm³/mol. The van der Waals surface area contributed by atoms with Gasteiger partial charge in [-0.05, 0) is 12.1 Å².